The van der Waals surface area contributed by atoms with Crippen LogP contribution in [-0.2, 0) is 0 Å². The van der Waals surface area contributed by atoms with Gasteiger partial charge in [0.05, 0.1) is 18.7 Å². The van der Waals surface area contributed by atoms with Gasteiger partial charge in [-0.25, -0.2) is 0 Å². The van der Waals surface area contributed by atoms with E-state index in [-0.39, 0.29) is 0 Å². The molecule has 4 heteroatoms. The molecular formula is C13H18BrNO2. The van der Waals surface area contributed by atoms with Crippen molar-refractivity contribution in [3.8, 4) is 11.5 Å². The normalized spacial score (nSPS) is 20.1. The highest BCUT2D eigenvalue weighted by Gasteiger charge is 2.20. The van der Waals surface area contributed by atoms with Crippen LogP contribution in [0.15, 0.2) is 16.6 Å². The van der Waals surface area contributed by atoms with Gasteiger partial charge in [-0.15, -0.1) is 0 Å². The van der Waals surface area contributed by atoms with Crippen LogP contribution in [0.1, 0.15) is 30.9 Å². The summed E-state index contributed by atoms with van der Waals surface area (Å²) < 4.78 is 11.7. The summed E-state index contributed by atoms with van der Waals surface area (Å²) in [6.45, 7) is 1.08. The molecule has 0 aliphatic carbocycles. The summed E-state index contributed by atoms with van der Waals surface area (Å²) in [6.07, 6.45) is 3.67. The second-order valence-corrected chi connectivity index (χ2v) is 5.09. The zero-order chi connectivity index (χ0) is 12.3. The lowest BCUT2D eigenvalue weighted by Crippen LogP contribution is -2.27. The highest BCUT2D eigenvalue weighted by atomic mass is 79.9. The van der Waals surface area contributed by atoms with Crippen LogP contribution in [-0.4, -0.2) is 20.8 Å². The largest absolute Gasteiger partial charge is 0.496 e. The molecule has 1 aromatic carbocycles. The minimum absolute atomic E-state index is 0.376. The second kappa shape index (κ2) is 5.74. The van der Waals surface area contributed by atoms with E-state index in [1.165, 1.54) is 18.4 Å². The fourth-order valence-corrected chi connectivity index (χ4v) is 2.76. The molecule has 1 atom stereocenters. The van der Waals surface area contributed by atoms with Crippen molar-refractivity contribution < 1.29 is 9.47 Å². The number of hydrogen-bond acceptors (Lipinski definition) is 3. The Morgan fingerprint density at radius 1 is 1.18 bits per heavy atom. The van der Waals surface area contributed by atoms with Crippen molar-refractivity contribution in [2.45, 2.75) is 25.3 Å². The summed E-state index contributed by atoms with van der Waals surface area (Å²) in [6, 6.07) is 4.41. The molecule has 0 saturated carbocycles. The van der Waals surface area contributed by atoms with E-state index in [2.05, 4.69) is 27.3 Å². The van der Waals surface area contributed by atoms with Gasteiger partial charge in [0.1, 0.15) is 11.5 Å². The minimum atomic E-state index is 0.376. The first-order valence-corrected chi connectivity index (χ1v) is 6.70. The third-order valence-electron chi connectivity index (χ3n) is 3.19. The van der Waals surface area contributed by atoms with Gasteiger partial charge in [-0.3, -0.25) is 0 Å². The maximum atomic E-state index is 5.45. The number of rotatable bonds is 3. The standard InChI is InChI=1S/C13H18BrNO2/c1-16-12-8-10(14)13(17-2)7-9(12)11-5-3-4-6-15-11/h7-8,11,15H,3-6H2,1-2H3/t11-/m1/s1. The smallest absolute Gasteiger partial charge is 0.133 e. The van der Waals surface area contributed by atoms with E-state index in [0.29, 0.717) is 6.04 Å². The van der Waals surface area contributed by atoms with Crippen molar-refractivity contribution >= 4 is 15.9 Å². The van der Waals surface area contributed by atoms with Gasteiger partial charge in [-0.2, -0.15) is 0 Å². The van der Waals surface area contributed by atoms with Crippen LogP contribution in [0, 0.1) is 0 Å². The van der Waals surface area contributed by atoms with Gasteiger partial charge < -0.3 is 14.8 Å². The summed E-state index contributed by atoms with van der Waals surface area (Å²) in [7, 11) is 3.39. The highest BCUT2D eigenvalue weighted by molar-refractivity contribution is 9.10. The fraction of sp³-hybridized carbons (Fsp3) is 0.538. The van der Waals surface area contributed by atoms with Crippen molar-refractivity contribution in [1.82, 2.24) is 5.32 Å². The lowest BCUT2D eigenvalue weighted by molar-refractivity contribution is 0.367. The SMILES string of the molecule is COc1cc([C@H]2CCCCN2)c(OC)cc1Br. The molecule has 1 aromatic rings. The van der Waals surface area contributed by atoms with E-state index in [9.17, 15) is 0 Å². The van der Waals surface area contributed by atoms with Crippen LogP contribution in [0.5, 0.6) is 11.5 Å². The molecule has 1 aliphatic rings. The Hall–Kier alpha value is -0.740. The molecule has 0 spiro atoms. The van der Waals surface area contributed by atoms with Crippen LogP contribution in [0.3, 0.4) is 0 Å². The molecule has 0 amide bonds. The van der Waals surface area contributed by atoms with Gasteiger partial charge in [-0.05, 0) is 47.4 Å². The summed E-state index contributed by atoms with van der Waals surface area (Å²) in [5.74, 6) is 1.77. The predicted octanol–water partition coefficient (Wildman–Crippen LogP) is 3.28. The van der Waals surface area contributed by atoms with Crippen molar-refractivity contribution in [3.63, 3.8) is 0 Å². The molecular weight excluding hydrogens is 282 g/mol. The Labute approximate surface area is 111 Å². The molecule has 1 saturated heterocycles. The Bertz CT molecular complexity index is 389. The number of benzene rings is 1. The third kappa shape index (κ3) is 2.75. The van der Waals surface area contributed by atoms with E-state index in [4.69, 9.17) is 9.47 Å². The highest BCUT2D eigenvalue weighted by Crippen LogP contribution is 2.37. The number of hydrogen-bond donors (Lipinski definition) is 1. The van der Waals surface area contributed by atoms with E-state index < -0.39 is 0 Å². The first-order valence-electron chi connectivity index (χ1n) is 5.91. The molecule has 2 rings (SSSR count). The maximum absolute atomic E-state index is 5.45. The number of nitrogens with one attached hydrogen (secondary N) is 1. The summed E-state index contributed by atoms with van der Waals surface area (Å²) in [5.41, 5.74) is 1.19. The Morgan fingerprint density at radius 2 is 1.94 bits per heavy atom. The molecule has 3 nitrogen and oxygen atoms in total. The van der Waals surface area contributed by atoms with Gasteiger partial charge in [-0.1, -0.05) is 6.42 Å². The number of halogens is 1. The Kier molecular flexibility index (Phi) is 4.29. The van der Waals surface area contributed by atoms with Crippen LogP contribution < -0.4 is 14.8 Å². The number of methoxy groups -OCH3 is 2. The number of piperidine rings is 1. The molecule has 17 heavy (non-hydrogen) atoms. The zero-order valence-electron chi connectivity index (χ0n) is 10.3. The van der Waals surface area contributed by atoms with Crippen LogP contribution in [0.4, 0.5) is 0 Å². The van der Waals surface area contributed by atoms with Crippen molar-refractivity contribution in [3.05, 3.63) is 22.2 Å². The molecule has 0 radical (unpaired) electrons. The molecule has 0 unspecified atom stereocenters. The van der Waals surface area contributed by atoms with E-state index in [1.807, 2.05) is 6.07 Å². The Balaban J connectivity index is 2.35. The average Bonchev–Trinajstić information content (AvgIpc) is 2.39. The molecule has 0 aromatic heterocycles. The topological polar surface area (TPSA) is 30.5 Å². The summed E-state index contributed by atoms with van der Waals surface area (Å²) in [5, 5.41) is 3.53. The van der Waals surface area contributed by atoms with Gasteiger partial charge >= 0.3 is 0 Å². The summed E-state index contributed by atoms with van der Waals surface area (Å²) in [4.78, 5) is 0. The lowest BCUT2D eigenvalue weighted by Gasteiger charge is -2.26. The fourth-order valence-electron chi connectivity index (χ4n) is 2.27. The first-order chi connectivity index (χ1) is 8.26. The van der Waals surface area contributed by atoms with Gasteiger partial charge in [0, 0.05) is 11.6 Å². The first kappa shape index (κ1) is 12.7. The molecule has 1 heterocycles. The quantitative estimate of drug-likeness (QED) is 0.929. The molecule has 1 aliphatic heterocycles. The van der Waals surface area contributed by atoms with E-state index >= 15 is 0 Å². The lowest BCUT2D eigenvalue weighted by atomic mass is 9.96. The van der Waals surface area contributed by atoms with Gasteiger partial charge in [0.25, 0.3) is 0 Å². The summed E-state index contributed by atoms with van der Waals surface area (Å²) >= 11 is 3.48. The Morgan fingerprint density at radius 3 is 2.53 bits per heavy atom. The third-order valence-corrected chi connectivity index (χ3v) is 3.81. The average molecular weight is 300 g/mol. The van der Waals surface area contributed by atoms with Crippen LogP contribution in [0.25, 0.3) is 0 Å². The van der Waals surface area contributed by atoms with Crippen molar-refractivity contribution in [2.24, 2.45) is 0 Å². The van der Waals surface area contributed by atoms with Crippen LogP contribution >= 0.6 is 15.9 Å². The van der Waals surface area contributed by atoms with Gasteiger partial charge in [0.15, 0.2) is 0 Å². The molecule has 1 fully saturated rings. The van der Waals surface area contributed by atoms with E-state index in [0.717, 1.165) is 28.9 Å². The minimum Gasteiger partial charge on any atom is -0.496 e. The molecule has 94 valence electrons. The van der Waals surface area contributed by atoms with Crippen LogP contribution in [0.2, 0.25) is 0 Å². The van der Waals surface area contributed by atoms with Crippen molar-refractivity contribution in [1.29, 1.82) is 0 Å². The zero-order valence-corrected chi connectivity index (χ0v) is 11.8. The van der Waals surface area contributed by atoms with E-state index in [1.54, 1.807) is 14.2 Å². The maximum Gasteiger partial charge on any atom is 0.133 e. The number of ether oxygens (including phenoxy) is 2. The second-order valence-electron chi connectivity index (χ2n) is 4.23. The molecule has 1 N–H and O–H groups in total. The molecule has 0 bridgehead atoms. The van der Waals surface area contributed by atoms with Gasteiger partial charge in [0.2, 0.25) is 0 Å². The monoisotopic (exact) mass is 299 g/mol. The predicted molar refractivity (Wildman–Crippen MR) is 71.8 cm³/mol. The van der Waals surface area contributed by atoms with Crippen molar-refractivity contribution in [2.75, 3.05) is 20.8 Å².